The van der Waals surface area contributed by atoms with Gasteiger partial charge in [-0.15, -0.1) is 0 Å². The van der Waals surface area contributed by atoms with Gasteiger partial charge in [-0.1, -0.05) is 130 Å². The summed E-state index contributed by atoms with van der Waals surface area (Å²) in [6.07, 6.45) is 28.0. The third-order valence-corrected chi connectivity index (χ3v) is 7.29. The fourth-order valence-corrected chi connectivity index (χ4v) is 5.04. The van der Waals surface area contributed by atoms with Crippen molar-refractivity contribution < 1.29 is 4.79 Å². The maximum absolute atomic E-state index is 13.4. The Bertz CT molecular complexity index is 424. The van der Waals surface area contributed by atoms with Gasteiger partial charge in [0.15, 0.2) is 0 Å². The maximum Gasteiger partial charge on any atom is 0.222 e. The molecule has 0 fully saturated rings. The van der Waals surface area contributed by atoms with Crippen LogP contribution in [-0.2, 0) is 4.79 Å². The van der Waals surface area contributed by atoms with Crippen molar-refractivity contribution >= 4 is 5.91 Å². The van der Waals surface area contributed by atoms with Crippen LogP contribution in [-0.4, -0.2) is 48.9 Å². The summed E-state index contributed by atoms with van der Waals surface area (Å²) in [7, 11) is 4.29. The van der Waals surface area contributed by atoms with Crippen LogP contribution in [0, 0.1) is 0 Å². The molecule has 0 N–H and O–H groups in total. The normalized spacial score (nSPS) is 12.4. The lowest BCUT2D eigenvalue weighted by Crippen LogP contribution is -2.41. The zero-order chi connectivity index (χ0) is 25.3. The lowest BCUT2D eigenvalue weighted by Gasteiger charge is -2.33. The summed E-state index contributed by atoms with van der Waals surface area (Å²) in [6, 6.07) is 0.465. The van der Waals surface area contributed by atoms with Crippen molar-refractivity contribution in [2.24, 2.45) is 0 Å². The van der Waals surface area contributed by atoms with Crippen LogP contribution in [0.5, 0.6) is 0 Å². The van der Waals surface area contributed by atoms with E-state index in [0.717, 1.165) is 32.4 Å². The van der Waals surface area contributed by atoms with Crippen LogP contribution in [0.4, 0.5) is 0 Å². The fourth-order valence-electron chi connectivity index (χ4n) is 5.04. The minimum absolute atomic E-state index is 0.438. The molecule has 0 aromatic carbocycles. The molecule has 0 aliphatic carbocycles. The van der Waals surface area contributed by atoms with E-state index in [4.69, 9.17) is 0 Å². The summed E-state index contributed by atoms with van der Waals surface area (Å²) in [5, 5.41) is 0. The van der Waals surface area contributed by atoms with Crippen LogP contribution in [0.1, 0.15) is 162 Å². The highest BCUT2D eigenvalue weighted by Gasteiger charge is 2.22. The second-order valence-corrected chi connectivity index (χ2v) is 11.0. The Labute approximate surface area is 215 Å². The largest absolute Gasteiger partial charge is 0.340 e. The molecule has 204 valence electrons. The Kier molecular flexibility index (Phi) is 25.1. The molecule has 3 nitrogen and oxygen atoms in total. The lowest BCUT2D eigenvalue weighted by atomic mass is 9.97. The van der Waals surface area contributed by atoms with Crippen LogP contribution in [0.15, 0.2) is 0 Å². The smallest absolute Gasteiger partial charge is 0.222 e. The van der Waals surface area contributed by atoms with Gasteiger partial charge in [-0.25, -0.2) is 0 Å². The highest BCUT2D eigenvalue weighted by atomic mass is 16.2. The minimum atomic E-state index is 0.438. The average molecular weight is 481 g/mol. The van der Waals surface area contributed by atoms with E-state index in [1.54, 1.807) is 0 Å². The molecule has 0 bridgehead atoms. The van der Waals surface area contributed by atoms with E-state index in [1.807, 2.05) is 0 Å². The molecule has 0 aliphatic heterocycles. The Morgan fingerprint density at radius 3 is 1.38 bits per heavy atom. The summed E-state index contributed by atoms with van der Waals surface area (Å²) in [4.78, 5) is 18.0. The fraction of sp³-hybridized carbons (Fsp3) is 0.968. The first kappa shape index (κ1) is 33.4. The molecule has 0 aliphatic rings. The van der Waals surface area contributed by atoms with E-state index >= 15 is 0 Å². The number of amides is 1. The van der Waals surface area contributed by atoms with E-state index in [2.05, 4.69) is 44.7 Å². The van der Waals surface area contributed by atoms with Crippen molar-refractivity contribution in [2.45, 2.75) is 168 Å². The number of hydrogen-bond acceptors (Lipinski definition) is 2. The zero-order valence-corrected chi connectivity index (χ0v) is 24.4. The lowest BCUT2D eigenvalue weighted by molar-refractivity contribution is -0.134. The molecule has 0 radical (unpaired) electrons. The Morgan fingerprint density at radius 1 is 0.529 bits per heavy atom. The van der Waals surface area contributed by atoms with Crippen molar-refractivity contribution in [1.29, 1.82) is 0 Å². The average Bonchev–Trinajstić information content (AvgIpc) is 2.82. The number of unbranched alkanes of at least 4 members (excludes halogenated alkanes) is 15. The molecule has 3 heteroatoms. The monoisotopic (exact) mass is 481 g/mol. The second-order valence-electron chi connectivity index (χ2n) is 11.0. The molecule has 1 amide bonds. The molecule has 1 atom stereocenters. The molecule has 1 unspecified atom stereocenters. The third-order valence-electron chi connectivity index (χ3n) is 7.29. The van der Waals surface area contributed by atoms with Gasteiger partial charge in [0.05, 0.1) is 0 Å². The molecular weight excluding hydrogens is 416 g/mol. The molecule has 0 rings (SSSR count). The van der Waals surface area contributed by atoms with Crippen molar-refractivity contribution in [1.82, 2.24) is 9.80 Å². The highest BCUT2D eigenvalue weighted by Crippen LogP contribution is 2.21. The Balaban J connectivity index is 4.82. The number of hydrogen-bond donors (Lipinski definition) is 0. The van der Waals surface area contributed by atoms with Gasteiger partial charge in [0.1, 0.15) is 0 Å². The summed E-state index contributed by atoms with van der Waals surface area (Å²) in [5.41, 5.74) is 0. The summed E-state index contributed by atoms with van der Waals surface area (Å²) in [6.45, 7) is 8.85. The van der Waals surface area contributed by atoms with Crippen molar-refractivity contribution in [3.63, 3.8) is 0 Å². The van der Waals surface area contributed by atoms with Crippen molar-refractivity contribution in [2.75, 3.05) is 27.2 Å². The van der Waals surface area contributed by atoms with Crippen LogP contribution in [0.25, 0.3) is 0 Å². The van der Waals surface area contributed by atoms with E-state index in [1.165, 1.54) is 122 Å². The predicted molar refractivity (Wildman–Crippen MR) is 153 cm³/mol. The molecular formula is C31H64N2O. The number of rotatable bonds is 26. The van der Waals surface area contributed by atoms with Crippen molar-refractivity contribution in [3.05, 3.63) is 0 Å². The van der Waals surface area contributed by atoms with E-state index in [-0.39, 0.29) is 0 Å². The Hall–Kier alpha value is -0.570. The van der Waals surface area contributed by atoms with Gasteiger partial charge in [-0.05, 0) is 46.3 Å². The van der Waals surface area contributed by atoms with Gasteiger partial charge >= 0.3 is 0 Å². The zero-order valence-electron chi connectivity index (χ0n) is 24.4. The number of carbonyl (C=O) groups excluding carboxylic acids is 1. The minimum Gasteiger partial charge on any atom is -0.340 e. The first-order valence-corrected chi connectivity index (χ1v) is 15.5. The van der Waals surface area contributed by atoms with Gasteiger partial charge in [-0.3, -0.25) is 4.79 Å². The van der Waals surface area contributed by atoms with Crippen LogP contribution < -0.4 is 0 Å². The van der Waals surface area contributed by atoms with E-state index in [0.29, 0.717) is 11.9 Å². The molecule has 0 spiro atoms. The summed E-state index contributed by atoms with van der Waals surface area (Å²) in [5.74, 6) is 0.438. The predicted octanol–water partition coefficient (Wildman–Crippen LogP) is 9.39. The quantitative estimate of drug-likeness (QED) is 0.115. The molecule has 0 aromatic heterocycles. The van der Waals surface area contributed by atoms with Crippen LogP contribution in [0.2, 0.25) is 0 Å². The number of carbonyl (C=O) groups is 1. The summed E-state index contributed by atoms with van der Waals surface area (Å²) >= 11 is 0. The standard InChI is InChI=1S/C31H64N2O/c1-6-9-12-15-16-17-20-22-26-30(25-21-18-13-10-7-2)33(29-24-28-32(4)5)31(34)27-23-19-14-11-8-3/h30H,6-29H2,1-5H3. The molecule has 0 saturated heterocycles. The topological polar surface area (TPSA) is 23.6 Å². The number of nitrogens with zero attached hydrogens (tertiary/aromatic N) is 2. The van der Waals surface area contributed by atoms with Crippen molar-refractivity contribution in [3.8, 4) is 0 Å². The van der Waals surface area contributed by atoms with Crippen LogP contribution >= 0.6 is 0 Å². The van der Waals surface area contributed by atoms with Gasteiger partial charge in [0, 0.05) is 19.0 Å². The molecule has 0 aromatic rings. The first-order valence-electron chi connectivity index (χ1n) is 15.5. The van der Waals surface area contributed by atoms with Crippen LogP contribution in [0.3, 0.4) is 0 Å². The second kappa shape index (κ2) is 25.5. The molecule has 34 heavy (non-hydrogen) atoms. The van der Waals surface area contributed by atoms with E-state index < -0.39 is 0 Å². The third kappa shape index (κ3) is 20.8. The SMILES string of the molecule is CCCCCCCCCCC(CCCCCCC)N(CCCN(C)C)C(=O)CCCCCCC. The molecule has 0 heterocycles. The van der Waals surface area contributed by atoms with E-state index in [9.17, 15) is 4.79 Å². The summed E-state index contributed by atoms with van der Waals surface area (Å²) < 4.78 is 0. The Morgan fingerprint density at radius 2 is 0.941 bits per heavy atom. The highest BCUT2D eigenvalue weighted by molar-refractivity contribution is 5.76. The van der Waals surface area contributed by atoms with Gasteiger partial charge < -0.3 is 9.80 Å². The van der Waals surface area contributed by atoms with Gasteiger partial charge in [0.25, 0.3) is 0 Å². The maximum atomic E-state index is 13.4. The van der Waals surface area contributed by atoms with Gasteiger partial charge in [-0.2, -0.15) is 0 Å². The molecule has 0 saturated carbocycles. The first-order chi connectivity index (χ1) is 16.6. The van der Waals surface area contributed by atoms with Gasteiger partial charge in [0.2, 0.25) is 5.91 Å².